The van der Waals surface area contributed by atoms with Crippen molar-refractivity contribution in [1.82, 2.24) is 5.32 Å². The molecule has 0 saturated carbocycles. The maximum absolute atomic E-state index is 6.42. The summed E-state index contributed by atoms with van der Waals surface area (Å²) in [5.74, 6) is 1.14. The fourth-order valence-corrected chi connectivity index (χ4v) is 3.14. The van der Waals surface area contributed by atoms with Gasteiger partial charge in [-0.15, -0.1) is 0 Å². The molecule has 0 aliphatic rings. The van der Waals surface area contributed by atoms with E-state index in [-0.39, 0.29) is 0 Å². The Balaban J connectivity index is 2.02. The molecular weight excluding hydrogens is 393 g/mol. The van der Waals surface area contributed by atoms with Crippen LogP contribution in [0.1, 0.15) is 37.3 Å². The van der Waals surface area contributed by atoms with Crippen molar-refractivity contribution in [2.24, 2.45) is 0 Å². The molecule has 2 aromatic rings. The van der Waals surface area contributed by atoms with Crippen molar-refractivity contribution in [1.29, 1.82) is 0 Å². The van der Waals surface area contributed by atoms with E-state index in [1.165, 1.54) is 19.3 Å². The summed E-state index contributed by atoms with van der Waals surface area (Å²) in [7, 11) is 1.61. The molecule has 0 unspecified atom stereocenters. The highest BCUT2D eigenvalue weighted by Crippen LogP contribution is 2.37. The molecule has 0 bridgehead atoms. The van der Waals surface area contributed by atoms with Gasteiger partial charge in [0.05, 0.1) is 22.2 Å². The fourth-order valence-electron chi connectivity index (χ4n) is 2.53. The fraction of sp³-hybridized carbons (Fsp3) is 0.400. The lowest BCUT2D eigenvalue weighted by Crippen LogP contribution is -2.14. The highest BCUT2D eigenvalue weighted by Gasteiger charge is 2.13. The van der Waals surface area contributed by atoms with Crippen molar-refractivity contribution in [3.05, 3.63) is 56.5 Å². The Labute approximate surface area is 170 Å². The number of hydrogen-bond acceptors (Lipinski definition) is 3. The molecule has 2 rings (SSSR count). The van der Waals surface area contributed by atoms with Crippen LogP contribution in [0.2, 0.25) is 15.1 Å². The summed E-state index contributed by atoms with van der Waals surface area (Å²) in [6, 6.07) is 9.24. The number of halogens is 3. The van der Waals surface area contributed by atoms with E-state index in [9.17, 15) is 0 Å². The minimum absolute atomic E-state index is 0.321. The van der Waals surface area contributed by atoms with Crippen LogP contribution in [0, 0.1) is 0 Å². The van der Waals surface area contributed by atoms with E-state index in [1.54, 1.807) is 19.2 Å². The first kappa shape index (κ1) is 21.2. The maximum atomic E-state index is 6.42. The van der Waals surface area contributed by atoms with Gasteiger partial charge in [0.25, 0.3) is 0 Å². The molecule has 142 valence electrons. The SMILES string of the molecule is CCCCCNCc1cc(Cl)c(OCc2ccc(Cl)c(Cl)c2)c(OC)c1. The van der Waals surface area contributed by atoms with Gasteiger partial charge in [-0.25, -0.2) is 0 Å². The van der Waals surface area contributed by atoms with Gasteiger partial charge < -0.3 is 14.8 Å². The van der Waals surface area contributed by atoms with Gasteiger partial charge in [-0.2, -0.15) is 0 Å². The zero-order chi connectivity index (χ0) is 18.9. The van der Waals surface area contributed by atoms with Crippen LogP contribution in [0.4, 0.5) is 0 Å². The van der Waals surface area contributed by atoms with Gasteiger partial charge in [0, 0.05) is 6.54 Å². The van der Waals surface area contributed by atoms with E-state index < -0.39 is 0 Å². The Morgan fingerprint density at radius 1 is 0.923 bits per heavy atom. The lowest BCUT2D eigenvalue weighted by atomic mass is 10.2. The van der Waals surface area contributed by atoms with Crippen LogP contribution in [0.25, 0.3) is 0 Å². The molecule has 0 aromatic heterocycles. The van der Waals surface area contributed by atoms with Gasteiger partial charge in [0.1, 0.15) is 6.61 Å². The smallest absolute Gasteiger partial charge is 0.180 e. The van der Waals surface area contributed by atoms with Crippen LogP contribution in [0.15, 0.2) is 30.3 Å². The van der Waals surface area contributed by atoms with E-state index in [0.717, 1.165) is 24.2 Å². The number of ether oxygens (including phenoxy) is 2. The van der Waals surface area contributed by atoms with Crippen LogP contribution in [0.5, 0.6) is 11.5 Å². The summed E-state index contributed by atoms with van der Waals surface area (Å²) in [5, 5.41) is 4.96. The molecule has 3 nitrogen and oxygen atoms in total. The average molecular weight is 417 g/mol. The summed E-state index contributed by atoms with van der Waals surface area (Å²) in [5.41, 5.74) is 1.96. The Kier molecular flexibility index (Phi) is 8.86. The van der Waals surface area contributed by atoms with Gasteiger partial charge in [0.15, 0.2) is 11.5 Å². The number of benzene rings is 2. The van der Waals surface area contributed by atoms with Crippen molar-refractivity contribution in [3.8, 4) is 11.5 Å². The molecule has 0 radical (unpaired) electrons. The molecule has 0 aliphatic heterocycles. The Hall–Kier alpha value is -1.13. The maximum Gasteiger partial charge on any atom is 0.180 e. The van der Waals surface area contributed by atoms with Crippen molar-refractivity contribution >= 4 is 34.8 Å². The third-order valence-electron chi connectivity index (χ3n) is 3.94. The van der Waals surface area contributed by atoms with Crippen LogP contribution in [0.3, 0.4) is 0 Å². The van der Waals surface area contributed by atoms with Crippen molar-refractivity contribution in [2.75, 3.05) is 13.7 Å². The Morgan fingerprint density at radius 3 is 2.38 bits per heavy atom. The second-order valence-electron chi connectivity index (χ2n) is 6.03. The second kappa shape index (κ2) is 10.9. The summed E-state index contributed by atoms with van der Waals surface area (Å²) in [6.07, 6.45) is 3.62. The van der Waals surface area contributed by atoms with Crippen molar-refractivity contribution < 1.29 is 9.47 Å². The van der Waals surface area contributed by atoms with Gasteiger partial charge in [-0.3, -0.25) is 0 Å². The summed E-state index contributed by atoms with van der Waals surface area (Å²) >= 11 is 18.4. The Morgan fingerprint density at radius 2 is 1.69 bits per heavy atom. The number of hydrogen-bond donors (Lipinski definition) is 1. The summed E-state index contributed by atoms with van der Waals surface area (Å²) in [4.78, 5) is 0. The van der Waals surface area contributed by atoms with E-state index in [0.29, 0.717) is 33.2 Å². The number of methoxy groups -OCH3 is 1. The topological polar surface area (TPSA) is 30.5 Å². The summed E-state index contributed by atoms with van der Waals surface area (Å²) in [6.45, 7) is 4.25. The first-order valence-corrected chi connectivity index (χ1v) is 9.82. The van der Waals surface area contributed by atoms with E-state index in [2.05, 4.69) is 12.2 Å². The largest absolute Gasteiger partial charge is 0.493 e. The minimum Gasteiger partial charge on any atom is -0.493 e. The first-order valence-electron chi connectivity index (χ1n) is 8.69. The van der Waals surface area contributed by atoms with Crippen LogP contribution >= 0.6 is 34.8 Å². The van der Waals surface area contributed by atoms with Crippen LogP contribution in [-0.4, -0.2) is 13.7 Å². The number of nitrogens with one attached hydrogen (secondary N) is 1. The molecule has 0 atom stereocenters. The molecule has 0 heterocycles. The lowest BCUT2D eigenvalue weighted by Gasteiger charge is -2.15. The van der Waals surface area contributed by atoms with Crippen molar-refractivity contribution in [2.45, 2.75) is 39.3 Å². The van der Waals surface area contributed by atoms with E-state index >= 15 is 0 Å². The third kappa shape index (κ3) is 6.24. The molecule has 6 heteroatoms. The predicted molar refractivity (Wildman–Crippen MR) is 110 cm³/mol. The molecular formula is C20H24Cl3NO2. The third-order valence-corrected chi connectivity index (χ3v) is 4.96. The van der Waals surface area contributed by atoms with Crippen LogP contribution < -0.4 is 14.8 Å². The quantitative estimate of drug-likeness (QED) is 0.447. The first-order chi connectivity index (χ1) is 12.5. The van der Waals surface area contributed by atoms with E-state index in [4.69, 9.17) is 44.3 Å². The molecule has 0 fully saturated rings. The van der Waals surface area contributed by atoms with Gasteiger partial charge in [-0.1, -0.05) is 60.6 Å². The molecule has 0 spiro atoms. The van der Waals surface area contributed by atoms with Crippen molar-refractivity contribution in [3.63, 3.8) is 0 Å². The molecule has 0 saturated heterocycles. The second-order valence-corrected chi connectivity index (χ2v) is 7.25. The molecule has 0 aliphatic carbocycles. The van der Waals surface area contributed by atoms with Crippen LogP contribution in [-0.2, 0) is 13.2 Å². The number of unbranched alkanes of at least 4 members (excludes halogenated alkanes) is 2. The summed E-state index contributed by atoms with van der Waals surface area (Å²) < 4.78 is 11.3. The average Bonchev–Trinajstić information content (AvgIpc) is 2.63. The molecule has 1 N–H and O–H groups in total. The normalized spacial score (nSPS) is 10.8. The standard InChI is InChI=1S/C20H24Cl3NO2/c1-3-4-5-8-24-12-15-10-18(23)20(19(11-15)25-2)26-13-14-6-7-16(21)17(22)9-14/h6-7,9-11,24H,3-5,8,12-13H2,1-2H3. The molecule has 26 heavy (non-hydrogen) atoms. The van der Waals surface area contributed by atoms with Gasteiger partial charge >= 0.3 is 0 Å². The predicted octanol–water partition coefficient (Wildman–Crippen LogP) is 6.51. The monoisotopic (exact) mass is 415 g/mol. The minimum atomic E-state index is 0.321. The molecule has 2 aromatic carbocycles. The molecule has 0 amide bonds. The Bertz CT molecular complexity index is 722. The zero-order valence-electron chi connectivity index (χ0n) is 15.1. The highest BCUT2D eigenvalue weighted by atomic mass is 35.5. The zero-order valence-corrected chi connectivity index (χ0v) is 17.3. The van der Waals surface area contributed by atoms with Gasteiger partial charge in [0.2, 0.25) is 0 Å². The van der Waals surface area contributed by atoms with E-state index in [1.807, 2.05) is 18.2 Å². The number of rotatable bonds is 10. The highest BCUT2D eigenvalue weighted by molar-refractivity contribution is 6.42. The lowest BCUT2D eigenvalue weighted by molar-refractivity contribution is 0.284. The van der Waals surface area contributed by atoms with Gasteiger partial charge in [-0.05, 0) is 48.4 Å².